The number of methoxy groups -OCH3 is 3. The third kappa shape index (κ3) is 5.46. The van der Waals surface area contributed by atoms with Crippen LogP contribution in [0.3, 0.4) is 0 Å². The summed E-state index contributed by atoms with van der Waals surface area (Å²) in [5.74, 6) is 7.56. The molecule has 45 heavy (non-hydrogen) atoms. The van der Waals surface area contributed by atoms with Crippen LogP contribution in [0, 0.1) is 11.8 Å². The van der Waals surface area contributed by atoms with Crippen molar-refractivity contribution in [2.45, 2.75) is 38.5 Å². The summed E-state index contributed by atoms with van der Waals surface area (Å²) in [5, 5.41) is 1.18. The zero-order valence-corrected chi connectivity index (χ0v) is 27.1. The molecule has 0 spiro atoms. The van der Waals surface area contributed by atoms with Crippen molar-refractivity contribution in [2.75, 3.05) is 45.9 Å². The van der Waals surface area contributed by atoms with E-state index in [4.69, 9.17) is 52.9 Å². The third-order valence-corrected chi connectivity index (χ3v) is 9.28. The van der Waals surface area contributed by atoms with Gasteiger partial charge in [0.15, 0.2) is 0 Å². The molecule has 2 fully saturated rings. The average molecular weight is 650 g/mol. The van der Waals surface area contributed by atoms with E-state index in [1.54, 1.807) is 30.0 Å². The molecule has 0 amide bonds. The Hall–Kier alpha value is -3.94. The van der Waals surface area contributed by atoms with Crippen LogP contribution in [0.1, 0.15) is 18.9 Å². The minimum Gasteiger partial charge on any atom is -0.496 e. The number of rotatable bonds is 8. The summed E-state index contributed by atoms with van der Waals surface area (Å²) in [6, 6.07) is 9.74. The van der Waals surface area contributed by atoms with E-state index in [2.05, 4.69) is 28.9 Å². The van der Waals surface area contributed by atoms with Crippen LogP contribution in [0.15, 0.2) is 41.3 Å². The molecular weight excluding hydrogens is 615 g/mol. The van der Waals surface area contributed by atoms with E-state index in [0.29, 0.717) is 71.7 Å². The van der Waals surface area contributed by atoms with E-state index in [0.717, 1.165) is 35.2 Å². The Kier molecular flexibility index (Phi) is 8.85. The van der Waals surface area contributed by atoms with Crippen molar-refractivity contribution < 1.29 is 18.9 Å². The van der Waals surface area contributed by atoms with E-state index in [-0.39, 0.29) is 21.7 Å². The zero-order valence-electron chi connectivity index (χ0n) is 25.6. The first-order chi connectivity index (χ1) is 21.8. The Morgan fingerprint density at radius 1 is 1.00 bits per heavy atom. The number of ether oxygens (including phenoxy) is 4. The van der Waals surface area contributed by atoms with Gasteiger partial charge in [0.1, 0.15) is 17.2 Å². The molecule has 0 radical (unpaired) electrons. The van der Waals surface area contributed by atoms with Crippen molar-refractivity contribution >= 4 is 39.8 Å². The first-order valence-corrected chi connectivity index (χ1v) is 15.5. The van der Waals surface area contributed by atoms with Gasteiger partial charge in [0.2, 0.25) is 0 Å². The van der Waals surface area contributed by atoms with Gasteiger partial charge >= 0.3 is 0 Å². The molecular formula is C34H34Cl2N4O5. The lowest BCUT2D eigenvalue weighted by Crippen LogP contribution is -2.37. The van der Waals surface area contributed by atoms with E-state index >= 15 is 0 Å². The molecule has 2 aliphatic heterocycles. The molecule has 2 atom stereocenters. The molecule has 2 saturated heterocycles. The van der Waals surface area contributed by atoms with E-state index in [1.165, 1.54) is 14.2 Å². The van der Waals surface area contributed by atoms with Gasteiger partial charge in [-0.25, -0.2) is 0 Å². The SMILES string of the molecule is CCn1c(=O)c(-c2c(Cl)c(OC)cc(OC)c2Cl)cc2cnc(-c3cc(CC#CCN)c(N4C[C@@H]5C[C@H]4CO5)cc3OC)cc21. The number of nitrogens with zero attached hydrogens (tertiary/aromatic N) is 3. The van der Waals surface area contributed by atoms with Crippen molar-refractivity contribution in [1.29, 1.82) is 0 Å². The van der Waals surface area contributed by atoms with Crippen molar-refractivity contribution in [3.05, 3.63) is 62.5 Å². The number of aromatic nitrogens is 2. The lowest BCUT2D eigenvalue weighted by atomic mass is 9.99. The highest BCUT2D eigenvalue weighted by molar-refractivity contribution is 6.41. The van der Waals surface area contributed by atoms with Crippen LogP contribution in [-0.2, 0) is 17.7 Å². The fraction of sp³-hybridized carbons (Fsp3) is 0.353. The maximum Gasteiger partial charge on any atom is 0.259 e. The number of aryl methyl sites for hydroxylation is 1. The number of hydrogen-bond donors (Lipinski definition) is 1. The molecule has 234 valence electrons. The largest absolute Gasteiger partial charge is 0.496 e. The van der Waals surface area contributed by atoms with Gasteiger partial charge in [-0.3, -0.25) is 9.78 Å². The fourth-order valence-electron chi connectivity index (χ4n) is 6.35. The predicted octanol–water partition coefficient (Wildman–Crippen LogP) is 5.57. The van der Waals surface area contributed by atoms with E-state index in [9.17, 15) is 4.79 Å². The summed E-state index contributed by atoms with van der Waals surface area (Å²) >= 11 is 13.4. The fourth-order valence-corrected chi connectivity index (χ4v) is 7.06. The lowest BCUT2D eigenvalue weighted by Gasteiger charge is -2.31. The molecule has 6 rings (SSSR count). The normalized spacial score (nSPS) is 17.0. The third-order valence-electron chi connectivity index (χ3n) is 8.53. The van der Waals surface area contributed by atoms with E-state index < -0.39 is 0 Å². The van der Waals surface area contributed by atoms with Crippen LogP contribution >= 0.6 is 23.2 Å². The minimum absolute atomic E-state index is 0.222. The lowest BCUT2D eigenvalue weighted by molar-refractivity contribution is 0.0991. The molecule has 2 N–H and O–H groups in total. The molecule has 4 aromatic rings. The van der Waals surface area contributed by atoms with Crippen molar-refractivity contribution in [3.8, 4) is 51.5 Å². The molecule has 11 heteroatoms. The van der Waals surface area contributed by atoms with Gasteiger partial charge in [0.05, 0.1) is 73.4 Å². The molecule has 0 aliphatic carbocycles. The number of halogens is 2. The molecule has 2 aromatic heterocycles. The summed E-state index contributed by atoms with van der Waals surface area (Å²) in [4.78, 5) is 21.3. The second-order valence-corrected chi connectivity index (χ2v) is 11.7. The Morgan fingerprint density at radius 2 is 1.73 bits per heavy atom. The summed E-state index contributed by atoms with van der Waals surface area (Å²) in [6.45, 7) is 4.15. The number of pyridine rings is 2. The molecule has 0 unspecified atom stereocenters. The van der Waals surface area contributed by atoms with Crippen LogP contribution in [-0.4, -0.2) is 62.7 Å². The maximum absolute atomic E-state index is 14.0. The summed E-state index contributed by atoms with van der Waals surface area (Å²) in [6.07, 6.45) is 3.53. The van der Waals surface area contributed by atoms with Gasteiger partial charge in [0.25, 0.3) is 5.56 Å². The Morgan fingerprint density at radius 3 is 2.33 bits per heavy atom. The molecule has 9 nitrogen and oxygen atoms in total. The van der Waals surface area contributed by atoms with Gasteiger partial charge < -0.3 is 34.1 Å². The number of nitrogens with two attached hydrogens (primary N) is 1. The van der Waals surface area contributed by atoms with Crippen molar-refractivity contribution in [2.24, 2.45) is 5.73 Å². The van der Waals surface area contributed by atoms with Crippen molar-refractivity contribution in [3.63, 3.8) is 0 Å². The van der Waals surface area contributed by atoms with Crippen LogP contribution < -0.4 is 30.4 Å². The van der Waals surface area contributed by atoms with E-state index in [1.807, 2.05) is 13.0 Å². The smallest absolute Gasteiger partial charge is 0.259 e. The number of anilines is 1. The van der Waals surface area contributed by atoms with Gasteiger partial charge in [-0.2, -0.15) is 0 Å². The minimum atomic E-state index is -0.257. The van der Waals surface area contributed by atoms with Gasteiger partial charge in [-0.05, 0) is 37.1 Å². The average Bonchev–Trinajstić information content (AvgIpc) is 3.69. The van der Waals surface area contributed by atoms with Crippen LogP contribution in [0.5, 0.6) is 17.2 Å². The second kappa shape index (κ2) is 12.8. The molecule has 2 bridgehead atoms. The summed E-state index contributed by atoms with van der Waals surface area (Å²) < 4.78 is 24.3. The standard InChI is InChI=1S/C34H34Cl2N4O5/c1-5-39-26-13-25(38-16-20(26)11-24(34(39)41)31-32(35)29(43-3)15-30(44-4)33(31)36)23-10-19(8-6-7-9-37)27(14-28(23)42-2)40-17-22-12-21(40)18-45-22/h10-11,13-16,21-22H,5,8-9,12,17-18,37H2,1-4H3/t21-,22-/m0/s1. The summed E-state index contributed by atoms with van der Waals surface area (Å²) in [5.41, 5.74) is 10.4. The zero-order chi connectivity index (χ0) is 31.8. The number of hydrogen-bond acceptors (Lipinski definition) is 8. The maximum atomic E-state index is 14.0. The molecule has 4 heterocycles. The van der Waals surface area contributed by atoms with Crippen molar-refractivity contribution in [1.82, 2.24) is 9.55 Å². The van der Waals surface area contributed by atoms with Gasteiger partial charge in [0, 0.05) is 60.0 Å². The van der Waals surface area contributed by atoms with Crippen LogP contribution in [0.2, 0.25) is 10.0 Å². The first kappa shape index (κ1) is 31.1. The quantitative estimate of drug-likeness (QED) is 0.248. The van der Waals surface area contributed by atoms with Gasteiger partial charge in [-0.15, -0.1) is 0 Å². The predicted molar refractivity (Wildman–Crippen MR) is 178 cm³/mol. The monoisotopic (exact) mass is 648 g/mol. The van der Waals surface area contributed by atoms with Crippen LogP contribution in [0.4, 0.5) is 5.69 Å². The molecule has 2 aliphatic rings. The Balaban J connectivity index is 1.51. The second-order valence-electron chi connectivity index (χ2n) is 10.9. The number of benzene rings is 2. The topological polar surface area (TPSA) is 101 Å². The number of fused-ring (bicyclic) bond motifs is 3. The molecule has 2 aromatic carbocycles. The highest BCUT2D eigenvalue weighted by atomic mass is 35.5. The highest BCUT2D eigenvalue weighted by Gasteiger charge is 2.40. The first-order valence-electron chi connectivity index (χ1n) is 14.7. The Bertz CT molecular complexity index is 1890. The summed E-state index contributed by atoms with van der Waals surface area (Å²) in [7, 11) is 4.64. The highest BCUT2D eigenvalue weighted by Crippen LogP contribution is 2.46. The molecule has 0 saturated carbocycles. The Labute approximate surface area is 271 Å². The van der Waals surface area contributed by atoms with Crippen LogP contribution in [0.25, 0.3) is 33.3 Å². The van der Waals surface area contributed by atoms with Gasteiger partial charge in [-0.1, -0.05) is 35.0 Å². The number of morpholine rings is 1.